The van der Waals surface area contributed by atoms with E-state index in [9.17, 15) is 23.9 Å². The highest BCUT2D eigenvalue weighted by Gasteiger charge is 2.24. The first-order valence-corrected chi connectivity index (χ1v) is 10.1. The van der Waals surface area contributed by atoms with Gasteiger partial charge in [0.05, 0.1) is 13.2 Å². The van der Waals surface area contributed by atoms with Crippen molar-refractivity contribution in [1.82, 2.24) is 10.4 Å². The lowest BCUT2D eigenvalue weighted by Crippen LogP contribution is -2.49. The SMILES string of the molecule is CC(C)COC(=O)C(O)CN(Cc1ccc(-c2cc(Cl)ccc2F)cc1)NC(=O)C(=O)O. The number of ether oxygens (including phenoxy) is 1. The van der Waals surface area contributed by atoms with Gasteiger partial charge in [-0.15, -0.1) is 0 Å². The number of nitrogens with one attached hydrogen (secondary N) is 1. The number of aliphatic hydroxyl groups excluding tert-OH is 1. The maximum absolute atomic E-state index is 14.1. The molecule has 32 heavy (non-hydrogen) atoms. The van der Waals surface area contributed by atoms with Gasteiger partial charge < -0.3 is 14.9 Å². The summed E-state index contributed by atoms with van der Waals surface area (Å²) in [7, 11) is 0. The minimum atomic E-state index is -1.72. The van der Waals surface area contributed by atoms with Gasteiger partial charge in [-0.25, -0.2) is 19.0 Å². The number of halogens is 2. The number of hydrazine groups is 1. The van der Waals surface area contributed by atoms with Crippen molar-refractivity contribution in [3.8, 4) is 11.1 Å². The monoisotopic (exact) mass is 466 g/mol. The van der Waals surface area contributed by atoms with Crippen molar-refractivity contribution >= 4 is 29.4 Å². The van der Waals surface area contributed by atoms with Gasteiger partial charge >= 0.3 is 17.8 Å². The lowest BCUT2D eigenvalue weighted by atomic mass is 10.0. The molecule has 2 rings (SSSR count). The van der Waals surface area contributed by atoms with E-state index in [1.165, 1.54) is 18.2 Å². The molecule has 0 spiro atoms. The van der Waals surface area contributed by atoms with Gasteiger partial charge in [0.1, 0.15) is 5.82 Å². The fraction of sp³-hybridized carbons (Fsp3) is 0.318. The molecule has 1 atom stereocenters. The van der Waals surface area contributed by atoms with E-state index in [2.05, 4.69) is 5.43 Å². The molecular formula is C22H24ClFN2O6. The molecule has 0 heterocycles. The number of benzene rings is 2. The molecule has 0 aliphatic heterocycles. The number of carbonyl (C=O) groups is 3. The van der Waals surface area contributed by atoms with E-state index in [1.807, 2.05) is 13.8 Å². The van der Waals surface area contributed by atoms with Crippen LogP contribution in [0.4, 0.5) is 4.39 Å². The van der Waals surface area contributed by atoms with E-state index in [0.717, 1.165) is 5.01 Å². The van der Waals surface area contributed by atoms with Crippen molar-refractivity contribution in [2.24, 2.45) is 5.92 Å². The second kappa shape index (κ2) is 11.6. The normalized spacial score (nSPS) is 12.0. The number of aliphatic carboxylic acids is 1. The first-order valence-electron chi connectivity index (χ1n) is 9.74. The van der Waals surface area contributed by atoms with Crippen LogP contribution in [0.15, 0.2) is 42.5 Å². The second-order valence-corrected chi connectivity index (χ2v) is 7.92. The number of esters is 1. The number of nitrogens with zero attached hydrogens (tertiary/aromatic N) is 1. The van der Waals surface area contributed by atoms with E-state index in [-0.39, 0.29) is 19.1 Å². The average Bonchev–Trinajstić information content (AvgIpc) is 2.74. The Morgan fingerprint density at radius 2 is 1.81 bits per heavy atom. The van der Waals surface area contributed by atoms with Crippen molar-refractivity contribution in [1.29, 1.82) is 0 Å². The van der Waals surface area contributed by atoms with Crippen LogP contribution in [0.1, 0.15) is 19.4 Å². The molecule has 0 bridgehead atoms. The third kappa shape index (κ3) is 7.60. The molecule has 0 saturated carbocycles. The van der Waals surface area contributed by atoms with Crippen molar-refractivity contribution in [2.45, 2.75) is 26.5 Å². The number of rotatable bonds is 9. The van der Waals surface area contributed by atoms with Crippen LogP contribution in [0.2, 0.25) is 5.02 Å². The Kier molecular flexibility index (Phi) is 9.13. The van der Waals surface area contributed by atoms with Gasteiger partial charge in [0.2, 0.25) is 0 Å². The molecule has 1 amide bonds. The van der Waals surface area contributed by atoms with E-state index < -0.39 is 36.3 Å². The van der Waals surface area contributed by atoms with Gasteiger partial charge in [-0.1, -0.05) is 49.7 Å². The van der Waals surface area contributed by atoms with Crippen LogP contribution in [-0.2, 0) is 25.7 Å². The maximum atomic E-state index is 14.1. The van der Waals surface area contributed by atoms with Gasteiger partial charge in [0.15, 0.2) is 6.10 Å². The number of hydrogen-bond donors (Lipinski definition) is 3. The largest absolute Gasteiger partial charge is 0.474 e. The van der Waals surface area contributed by atoms with Crippen molar-refractivity contribution < 1.29 is 33.7 Å². The summed E-state index contributed by atoms with van der Waals surface area (Å²) in [4.78, 5) is 34.5. The molecule has 8 nitrogen and oxygen atoms in total. The molecule has 172 valence electrons. The van der Waals surface area contributed by atoms with Crippen LogP contribution < -0.4 is 5.43 Å². The summed E-state index contributed by atoms with van der Waals surface area (Å²) in [6.07, 6.45) is -1.61. The smallest absolute Gasteiger partial charge is 0.395 e. The van der Waals surface area contributed by atoms with Crippen LogP contribution >= 0.6 is 11.6 Å². The van der Waals surface area contributed by atoms with Crippen LogP contribution in [-0.4, -0.2) is 52.3 Å². The van der Waals surface area contributed by atoms with Gasteiger partial charge in [0.25, 0.3) is 0 Å². The zero-order chi connectivity index (χ0) is 23.8. The molecule has 0 aromatic heterocycles. The third-order valence-corrected chi connectivity index (χ3v) is 4.48. The topological polar surface area (TPSA) is 116 Å². The second-order valence-electron chi connectivity index (χ2n) is 7.49. The highest BCUT2D eigenvalue weighted by molar-refractivity contribution is 6.31. The Hall–Kier alpha value is -3.01. The molecule has 0 fully saturated rings. The van der Waals surface area contributed by atoms with Crippen molar-refractivity contribution in [3.05, 3.63) is 58.9 Å². The Balaban J connectivity index is 2.14. The average molecular weight is 467 g/mol. The molecular weight excluding hydrogens is 443 g/mol. The standard InChI is InChI=1S/C22H24ClFN2O6/c1-13(2)12-32-22(31)19(27)11-26(25-20(28)21(29)30)10-14-3-5-15(6-4-14)17-9-16(23)7-8-18(17)24/h3-9,13,19,27H,10-12H2,1-2H3,(H,25,28)(H,29,30). The summed E-state index contributed by atoms with van der Waals surface area (Å²) < 4.78 is 19.0. The van der Waals surface area contributed by atoms with E-state index >= 15 is 0 Å². The summed E-state index contributed by atoms with van der Waals surface area (Å²) in [6.45, 7) is 3.33. The summed E-state index contributed by atoms with van der Waals surface area (Å²) in [6, 6.07) is 10.7. The van der Waals surface area contributed by atoms with Crippen molar-refractivity contribution in [2.75, 3.05) is 13.2 Å². The first-order chi connectivity index (χ1) is 15.1. The Labute approximate surface area is 189 Å². The van der Waals surface area contributed by atoms with Gasteiger partial charge in [-0.05, 0) is 35.2 Å². The number of hydrogen-bond acceptors (Lipinski definition) is 6. The van der Waals surface area contributed by atoms with Gasteiger partial charge in [-0.2, -0.15) is 0 Å². The summed E-state index contributed by atoms with van der Waals surface area (Å²) in [5.74, 6) is -4.32. The molecule has 2 aromatic carbocycles. The Bertz CT molecular complexity index is 967. The molecule has 1 unspecified atom stereocenters. The van der Waals surface area contributed by atoms with Crippen LogP contribution in [0, 0.1) is 11.7 Å². The molecule has 0 aliphatic carbocycles. The lowest BCUT2D eigenvalue weighted by molar-refractivity contribution is -0.158. The minimum Gasteiger partial charge on any atom is -0.474 e. The van der Waals surface area contributed by atoms with Crippen molar-refractivity contribution in [3.63, 3.8) is 0 Å². The predicted molar refractivity (Wildman–Crippen MR) is 115 cm³/mol. The number of carboxylic acids is 1. The zero-order valence-electron chi connectivity index (χ0n) is 17.5. The Morgan fingerprint density at radius 1 is 1.16 bits per heavy atom. The highest BCUT2D eigenvalue weighted by atomic mass is 35.5. The molecule has 10 heteroatoms. The Morgan fingerprint density at radius 3 is 2.41 bits per heavy atom. The highest BCUT2D eigenvalue weighted by Crippen LogP contribution is 2.26. The van der Waals surface area contributed by atoms with E-state index in [0.29, 0.717) is 21.7 Å². The van der Waals surface area contributed by atoms with Crippen LogP contribution in [0.25, 0.3) is 11.1 Å². The minimum absolute atomic E-state index is 0.0359. The molecule has 2 aromatic rings. The third-order valence-electron chi connectivity index (χ3n) is 4.25. The predicted octanol–water partition coefficient (Wildman–Crippen LogP) is 2.62. The van der Waals surface area contributed by atoms with Crippen LogP contribution in [0.5, 0.6) is 0 Å². The molecule has 3 N–H and O–H groups in total. The summed E-state index contributed by atoms with van der Waals surface area (Å²) >= 11 is 5.93. The fourth-order valence-corrected chi connectivity index (χ4v) is 2.87. The van der Waals surface area contributed by atoms with Crippen LogP contribution in [0.3, 0.4) is 0 Å². The quantitative estimate of drug-likeness (QED) is 0.295. The number of carbonyl (C=O) groups excluding carboxylic acids is 2. The fourth-order valence-electron chi connectivity index (χ4n) is 2.70. The van der Waals surface area contributed by atoms with E-state index in [4.69, 9.17) is 21.4 Å². The molecule has 0 saturated heterocycles. The molecule has 0 radical (unpaired) electrons. The zero-order valence-corrected chi connectivity index (χ0v) is 18.3. The number of carboxylic acid groups (broad SMARTS) is 1. The first kappa shape index (κ1) is 25.3. The maximum Gasteiger partial charge on any atom is 0.395 e. The van der Waals surface area contributed by atoms with Gasteiger partial charge in [-0.3, -0.25) is 10.2 Å². The molecule has 0 aliphatic rings. The summed E-state index contributed by atoms with van der Waals surface area (Å²) in [5.41, 5.74) is 3.60. The number of amides is 1. The van der Waals surface area contributed by atoms with Gasteiger partial charge in [0, 0.05) is 17.1 Å². The number of aliphatic hydroxyl groups is 1. The lowest BCUT2D eigenvalue weighted by Gasteiger charge is -2.24. The summed E-state index contributed by atoms with van der Waals surface area (Å²) in [5, 5.41) is 20.4. The van der Waals surface area contributed by atoms with E-state index in [1.54, 1.807) is 24.3 Å².